The Morgan fingerprint density at radius 1 is 1.10 bits per heavy atom. The molecule has 1 atom stereocenters. The van der Waals surface area contributed by atoms with Crippen LogP contribution < -0.4 is 14.2 Å². The summed E-state index contributed by atoms with van der Waals surface area (Å²) in [6.45, 7) is 2.64. The lowest BCUT2D eigenvalue weighted by Crippen LogP contribution is -2.10. The second kappa shape index (κ2) is 6.49. The van der Waals surface area contributed by atoms with E-state index in [-0.39, 0.29) is 0 Å². The van der Waals surface area contributed by atoms with E-state index in [1.807, 2.05) is 6.92 Å². The molecule has 0 saturated carbocycles. The smallest absolute Gasteiger partial charge is 0.203 e. The van der Waals surface area contributed by atoms with Crippen LogP contribution in [0.15, 0.2) is 24.4 Å². The Morgan fingerprint density at radius 3 is 2.38 bits per heavy atom. The molecule has 0 fully saturated rings. The number of aliphatic hydroxyl groups excluding tert-OH is 1. The van der Waals surface area contributed by atoms with Crippen molar-refractivity contribution in [3.8, 4) is 17.2 Å². The number of aliphatic hydroxyl groups is 1. The van der Waals surface area contributed by atoms with Crippen molar-refractivity contribution in [3.63, 3.8) is 0 Å². The molecule has 0 radical (unpaired) electrons. The predicted molar refractivity (Wildman–Crippen MR) is 78.1 cm³/mol. The lowest BCUT2D eigenvalue weighted by atomic mass is 10.0. The Hall–Kier alpha value is -2.21. The molecule has 0 aliphatic rings. The van der Waals surface area contributed by atoms with Gasteiger partial charge >= 0.3 is 0 Å². The van der Waals surface area contributed by atoms with E-state index in [0.717, 1.165) is 0 Å². The summed E-state index contributed by atoms with van der Waals surface area (Å²) in [6.07, 6.45) is 0.803. The van der Waals surface area contributed by atoms with Crippen LogP contribution in [0.3, 0.4) is 0 Å². The highest BCUT2D eigenvalue weighted by molar-refractivity contribution is 5.57. The zero-order chi connectivity index (χ0) is 15.4. The van der Waals surface area contributed by atoms with Gasteiger partial charge in [0.25, 0.3) is 0 Å². The van der Waals surface area contributed by atoms with Gasteiger partial charge < -0.3 is 19.3 Å². The molecule has 6 nitrogen and oxygen atoms in total. The molecule has 0 aliphatic heterocycles. The first kappa shape index (κ1) is 15.2. The van der Waals surface area contributed by atoms with Gasteiger partial charge in [0.2, 0.25) is 5.75 Å². The Morgan fingerprint density at radius 2 is 1.81 bits per heavy atom. The van der Waals surface area contributed by atoms with Crippen LogP contribution in [0.4, 0.5) is 0 Å². The summed E-state index contributed by atoms with van der Waals surface area (Å²) in [5.74, 6) is 1.46. The van der Waals surface area contributed by atoms with Crippen molar-refractivity contribution in [2.75, 3.05) is 21.3 Å². The van der Waals surface area contributed by atoms with Gasteiger partial charge in [0, 0.05) is 18.3 Å². The molecule has 21 heavy (non-hydrogen) atoms. The number of methoxy groups -OCH3 is 3. The van der Waals surface area contributed by atoms with Crippen molar-refractivity contribution < 1.29 is 19.3 Å². The molecule has 1 aromatic heterocycles. The number of ether oxygens (including phenoxy) is 3. The van der Waals surface area contributed by atoms with E-state index in [4.69, 9.17) is 14.2 Å². The maximum atomic E-state index is 10.7. The van der Waals surface area contributed by atoms with Crippen molar-refractivity contribution in [1.82, 2.24) is 9.78 Å². The number of benzene rings is 1. The van der Waals surface area contributed by atoms with Crippen LogP contribution in [-0.4, -0.2) is 36.2 Å². The summed E-state index contributed by atoms with van der Waals surface area (Å²) in [7, 11) is 4.62. The van der Waals surface area contributed by atoms with Crippen LogP contribution in [0.1, 0.15) is 24.3 Å². The van der Waals surface area contributed by atoms with E-state index >= 15 is 0 Å². The van der Waals surface area contributed by atoms with Crippen molar-refractivity contribution >= 4 is 0 Å². The zero-order valence-electron chi connectivity index (χ0n) is 12.7. The average molecular weight is 292 g/mol. The molecule has 2 rings (SSSR count). The highest BCUT2D eigenvalue weighted by atomic mass is 16.5. The van der Waals surface area contributed by atoms with Gasteiger partial charge in [-0.15, -0.1) is 0 Å². The summed E-state index contributed by atoms with van der Waals surface area (Å²) < 4.78 is 17.7. The van der Waals surface area contributed by atoms with E-state index in [9.17, 15) is 5.11 Å². The van der Waals surface area contributed by atoms with Gasteiger partial charge in [0.1, 0.15) is 6.10 Å². The second-order valence-corrected chi connectivity index (χ2v) is 4.40. The molecule has 0 bridgehead atoms. The fourth-order valence-electron chi connectivity index (χ4n) is 2.34. The highest BCUT2D eigenvalue weighted by Crippen LogP contribution is 2.43. The molecule has 0 spiro atoms. The lowest BCUT2D eigenvalue weighted by Gasteiger charge is -2.19. The highest BCUT2D eigenvalue weighted by Gasteiger charge is 2.23. The lowest BCUT2D eigenvalue weighted by molar-refractivity contribution is 0.201. The summed E-state index contributed by atoms with van der Waals surface area (Å²) >= 11 is 0. The first-order valence-electron chi connectivity index (χ1n) is 6.66. The Labute approximate surface area is 123 Å². The standard InChI is InChI=1S/C15H20N2O4/c1-5-17-11(8-9-16-17)13(18)10-6-7-12(19-2)15(21-4)14(10)20-3/h6-9,13,18H,5H2,1-4H3. The number of hydrogen-bond acceptors (Lipinski definition) is 5. The first-order chi connectivity index (χ1) is 10.2. The van der Waals surface area contributed by atoms with Gasteiger partial charge in [0.05, 0.1) is 27.0 Å². The molecular weight excluding hydrogens is 272 g/mol. The van der Waals surface area contributed by atoms with Crippen molar-refractivity contribution in [3.05, 3.63) is 35.7 Å². The molecule has 114 valence electrons. The van der Waals surface area contributed by atoms with Crippen molar-refractivity contribution in [2.24, 2.45) is 0 Å². The minimum atomic E-state index is -0.859. The minimum Gasteiger partial charge on any atom is -0.493 e. The maximum Gasteiger partial charge on any atom is 0.203 e. The van der Waals surface area contributed by atoms with E-state index in [1.165, 1.54) is 14.2 Å². The van der Waals surface area contributed by atoms with E-state index < -0.39 is 6.10 Å². The quantitative estimate of drug-likeness (QED) is 0.882. The molecule has 1 heterocycles. The Balaban J connectivity index is 2.53. The summed E-state index contributed by atoms with van der Waals surface area (Å²) in [5.41, 5.74) is 1.30. The average Bonchev–Trinajstić information content (AvgIpc) is 3.00. The molecule has 0 saturated heterocycles. The molecular formula is C15H20N2O4. The number of aromatic nitrogens is 2. The van der Waals surface area contributed by atoms with Gasteiger partial charge in [0.15, 0.2) is 11.5 Å². The molecule has 2 aromatic rings. The maximum absolute atomic E-state index is 10.7. The number of aryl methyl sites for hydroxylation is 1. The largest absolute Gasteiger partial charge is 0.493 e. The summed E-state index contributed by atoms with van der Waals surface area (Å²) in [4.78, 5) is 0. The van der Waals surface area contributed by atoms with Gasteiger partial charge in [-0.3, -0.25) is 4.68 Å². The SMILES string of the molecule is CCn1nccc1C(O)c1ccc(OC)c(OC)c1OC. The zero-order valence-corrected chi connectivity index (χ0v) is 12.7. The van der Waals surface area contributed by atoms with Crippen LogP contribution in [0, 0.1) is 0 Å². The van der Waals surface area contributed by atoms with Crippen LogP contribution in [0.2, 0.25) is 0 Å². The third-order valence-electron chi connectivity index (χ3n) is 3.36. The summed E-state index contributed by atoms with van der Waals surface area (Å²) in [5, 5.41) is 14.8. The summed E-state index contributed by atoms with van der Waals surface area (Å²) in [6, 6.07) is 5.29. The molecule has 0 amide bonds. The van der Waals surface area contributed by atoms with E-state index in [1.54, 1.807) is 36.2 Å². The van der Waals surface area contributed by atoms with E-state index in [0.29, 0.717) is 35.1 Å². The Bertz CT molecular complexity index is 610. The number of nitrogens with zero attached hydrogens (tertiary/aromatic N) is 2. The topological polar surface area (TPSA) is 65.7 Å². The predicted octanol–water partition coefficient (Wildman–Crippen LogP) is 2.01. The van der Waals surface area contributed by atoms with Crippen molar-refractivity contribution in [1.29, 1.82) is 0 Å². The number of rotatable bonds is 6. The second-order valence-electron chi connectivity index (χ2n) is 4.40. The van der Waals surface area contributed by atoms with Crippen LogP contribution in [0.5, 0.6) is 17.2 Å². The fourth-order valence-corrected chi connectivity index (χ4v) is 2.34. The first-order valence-corrected chi connectivity index (χ1v) is 6.66. The number of hydrogen-bond donors (Lipinski definition) is 1. The van der Waals surface area contributed by atoms with Gasteiger partial charge in [-0.05, 0) is 25.1 Å². The normalized spacial score (nSPS) is 12.0. The monoisotopic (exact) mass is 292 g/mol. The van der Waals surface area contributed by atoms with Gasteiger partial charge in [-0.2, -0.15) is 5.10 Å². The van der Waals surface area contributed by atoms with Gasteiger partial charge in [-0.1, -0.05) is 0 Å². The minimum absolute atomic E-state index is 0.452. The Kier molecular flexibility index (Phi) is 4.70. The fraction of sp³-hybridized carbons (Fsp3) is 0.400. The van der Waals surface area contributed by atoms with Crippen LogP contribution >= 0.6 is 0 Å². The molecule has 0 aliphatic carbocycles. The molecule has 1 aromatic carbocycles. The third-order valence-corrected chi connectivity index (χ3v) is 3.36. The molecule has 6 heteroatoms. The van der Waals surface area contributed by atoms with Gasteiger partial charge in [-0.25, -0.2) is 0 Å². The third kappa shape index (κ3) is 2.67. The molecule has 1 N–H and O–H groups in total. The van der Waals surface area contributed by atoms with E-state index in [2.05, 4.69) is 5.10 Å². The van der Waals surface area contributed by atoms with Crippen LogP contribution in [0.25, 0.3) is 0 Å². The van der Waals surface area contributed by atoms with Crippen molar-refractivity contribution in [2.45, 2.75) is 19.6 Å². The molecule has 1 unspecified atom stereocenters. The van der Waals surface area contributed by atoms with Crippen LogP contribution in [-0.2, 0) is 6.54 Å².